The van der Waals surface area contributed by atoms with Crippen molar-refractivity contribution < 1.29 is 10.0 Å². The summed E-state index contributed by atoms with van der Waals surface area (Å²) in [5.74, 6) is 0.473. The van der Waals surface area contributed by atoms with Crippen molar-refractivity contribution in [3.05, 3.63) is 0 Å². The number of carbonyl (C=O) groups is 1. The molecular formula is C12H23N3O2. The van der Waals surface area contributed by atoms with Crippen molar-refractivity contribution in [3.8, 4) is 0 Å². The molecule has 1 amide bonds. The lowest BCUT2D eigenvalue weighted by Crippen LogP contribution is -2.58. The zero-order chi connectivity index (χ0) is 13.2. The number of nitrogens with zero attached hydrogens (tertiary/aromatic N) is 2. The van der Waals surface area contributed by atoms with Gasteiger partial charge in [-0.15, -0.1) is 0 Å². The fraction of sp³-hybridized carbons (Fsp3) is 0.833. The molecule has 0 aromatic carbocycles. The van der Waals surface area contributed by atoms with Gasteiger partial charge in [0.25, 0.3) is 0 Å². The quantitative estimate of drug-likeness (QED) is 0.338. The summed E-state index contributed by atoms with van der Waals surface area (Å²) in [6, 6.07) is 0.168. The Labute approximate surface area is 103 Å². The van der Waals surface area contributed by atoms with Gasteiger partial charge in [-0.1, -0.05) is 19.0 Å². The Morgan fingerprint density at radius 3 is 2.53 bits per heavy atom. The second-order valence-corrected chi connectivity index (χ2v) is 5.25. The molecule has 1 saturated carbocycles. The van der Waals surface area contributed by atoms with Crippen molar-refractivity contribution in [3.63, 3.8) is 0 Å². The summed E-state index contributed by atoms with van der Waals surface area (Å²) < 4.78 is 0. The Hall–Kier alpha value is -1.26. The molecule has 0 radical (unpaired) electrons. The standard InChI is InChI=1S/C12H23N3O2/c1-5-9(3)15(4)11(16)12(10(13)14-17)6-8(2)7-12/h8-9,17H,5-7H2,1-4H3,(H2,13,14). The van der Waals surface area contributed by atoms with E-state index in [-0.39, 0.29) is 17.8 Å². The molecule has 1 unspecified atom stereocenters. The first-order chi connectivity index (χ1) is 7.89. The van der Waals surface area contributed by atoms with Gasteiger partial charge in [0.15, 0.2) is 5.84 Å². The highest BCUT2D eigenvalue weighted by atomic mass is 16.4. The van der Waals surface area contributed by atoms with E-state index in [0.717, 1.165) is 6.42 Å². The average Bonchev–Trinajstić information content (AvgIpc) is 2.30. The zero-order valence-corrected chi connectivity index (χ0v) is 11.1. The molecule has 1 atom stereocenters. The van der Waals surface area contributed by atoms with Crippen LogP contribution in [0.2, 0.25) is 0 Å². The number of amidine groups is 1. The van der Waals surface area contributed by atoms with Crippen LogP contribution in [0.25, 0.3) is 0 Å². The molecule has 0 bridgehead atoms. The van der Waals surface area contributed by atoms with Crippen LogP contribution >= 0.6 is 0 Å². The highest BCUT2D eigenvalue weighted by molar-refractivity contribution is 6.07. The minimum atomic E-state index is -0.771. The highest BCUT2D eigenvalue weighted by Crippen LogP contribution is 2.47. The van der Waals surface area contributed by atoms with E-state index in [1.807, 2.05) is 13.8 Å². The Bertz CT molecular complexity index is 322. The lowest BCUT2D eigenvalue weighted by molar-refractivity contribution is -0.145. The van der Waals surface area contributed by atoms with Crippen molar-refractivity contribution in [2.24, 2.45) is 22.2 Å². The maximum atomic E-state index is 12.4. The smallest absolute Gasteiger partial charge is 0.236 e. The molecular weight excluding hydrogens is 218 g/mol. The van der Waals surface area contributed by atoms with Crippen LogP contribution in [0.3, 0.4) is 0 Å². The molecule has 98 valence electrons. The van der Waals surface area contributed by atoms with E-state index in [1.165, 1.54) is 0 Å². The van der Waals surface area contributed by atoms with Gasteiger partial charge in [-0.05, 0) is 32.1 Å². The Kier molecular flexibility index (Phi) is 4.01. The van der Waals surface area contributed by atoms with Crippen LogP contribution in [0.4, 0.5) is 0 Å². The van der Waals surface area contributed by atoms with Crippen LogP contribution < -0.4 is 5.73 Å². The monoisotopic (exact) mass is 241 g/mol. The number of carbonyl (C=O) groups excluding carboxylic acids is 1. The van der Waals surface area contributed by atoms with Gasteiger partial charge < -0.3 is 15.8 Å². The van der Waals surface area contributed by atoms with E-state index in [0.29, 0.717) is 18.8 Å². The highest BCUT2D eigenvalue weighted by Gasteiger charge is 2.53. The number of rotatable bonds is 4. The van der Waals surface area contributed by atoms with Gasteiger partial charge in [0.05, 0.1) is 0 Å². The maximum Gasteiger partial charge on any atom is 0.236 e. The summed E-state index contributed by atoms with van der Waals surface area (Å²) in [6.45, 7) is 6.10. The topological polar surface area (TPSA) is 78.9 Å². The van der Waals surface area contributed by atoms with Crippen LogP contribution in [0.5, 0.6) is 0 Å². The molecule has 0 aromatic heterocycles. The maximum absolute atomic E-state index is 12.4. The van der Waals surface area contributed by atoms with Crippen LogP contribution in [0.15, 0.2) is 5.16 Å². The lowest BCUT2D eigenvalue weighted by Gasteiger charge is -2.46. The lowest BCUT2D eigenvalue weighted by atomic mass is 9.61. The first-order valence-corrected chi connectivity index (χ1v) is 6.14. The summed E-state index contributed by atoms with van der Waals surface area (Å²) in [4.78, 5) is 14.2. The molecule has 17 heavy (non-hydrogen) atoms. The molecule has 1 aliphatic carbocycles. The fourth-order valence-electron chi connectivity index (χ4n) is 2.53. The molecule has 0 saturated heterocycles. The summed E-state index contributed by atoms with van der Waals surface area (Å²) in [6.07, 6.45) is 2.23. The minimum absolute atomic E-state index is 0.0275. The minimum Gasteiger partial charge on any atom is -0.409 e. The first kappa shape index (κ1) is 13.8. The Morgan fingerprint density at radius 1 is 1.65 bits per heavy atom. The van der Waals surface area contributed by atoms with Gasteiger partial charge in [0.2, 0.25) is 5.91 Å². The third-order valence-electron chi connectivity index (χ3n) is 3.97. The zero-order valence-electron chi connectivity index (χ0n) is 11.1. The molecule has 0 aliphatic heterocycles. The van der Waals surface area contributed by atoms with Gasteiger partial charge in [-0.25, -0.2) is 0 Å². The number of hydrogen-bond donors (Lipinski definition) is 2. The molecule has 0 spiro atoms. The largest absolute Gasteiger partial charge is 0.409 e. The summed E-state index contributed by atoms with van der Waals surface area (Å²) in [5, 5.41) is 11.9. The van der Waals surface area contributed by atoms with Gasteiger partial charge in [0.1, 0.15) is 5.41 Å². The van der Waals surface area contributed by atoms with E-state index in [9.17, 15) is 4.79 Å². The molecule has 1 aliphatic rings. The number of hydrogen-bond acceptors (Lipinski definition) is 3. The summed E-state index contributed by atoms with van der Waals surface area (Å²) in [5.41, 5.74) is 4.94. The molecule has 0 aromatic rings. The average molecular weight is 241 g/mol. The van der Waals surface area contributed by atoms with Gasteiger partial charge in [-0.3, -0.25) is 4.79 Å². The third kappa shape index (κ3) is 2.23. The SMILES string of the molecule is CCC(C)N(C)C(=O)C1(C(N)=NO)CC(C)C1. The van der Waals surface area contributed by atoms with Crippen molar-refractivity contribution in [1.29, 1.82) is 0 Å². The second-order valence-electron chi connectivity index (χ2n) is 5.25. The van der Waals surface area contributed by atoms with Crippen LogP contribution in [0, 0.1) is 11.3 Å². The van der Waals surface area contributed by atoms with E-state index in [4.69, 9.17) is 10.9 Å². The third-order valence-corrected chi connectivity index (χ3v) is 3.97. The summed E-state index contributed by atoms with van der Waals surface area (Å²) >= 11 is 0. The van der Waals surface area contributed by atoms with Gasteiger partial charge in [0, 0.05) is 13.1 Å². The second kappa shape index (κ2) is 4.94. The molecule has 3 N–H and O–H groups in total. The van der Waals surface area contributed by atoms with Crippen molar-refractivity contribution >= 4 is 11.7 Å². The van der Waals surface area contributed by atoms with Crippen LogP contribution in [0.1, 0.15) is 40.0 Å². The molecule has 5 nitrogen and oxygen atoms in total. The number of amides is 1. The Morgan fingerprint density at radius 2 is 2.18 bits per heavy atom. The van der Waals surface area contributed by atoms with E-state index in [1.54, 1.807) is 11.9 Å². The van der Waals surface area contributed by atoms with Crippen LogP contribution in [-0.4, -0.2) is 34.9 Å². The molecule has 5 heteroatoms. The number of nitrogens with two attached hydrogens (primary N) is 1. The molecule has 1 fully saturated rings. The van der Waals surface area contributed by atoms with Crippen molar-refractivity contribution in [2.45, 2.75) is 46.1 Å². The van der Waals surface area contributed by atoms with Gasteiger partial charge >= 0.3 is 0 Å². The normalized spacial score (nSPS) is 30.6. The van der Waals surface area contributed by atoms with Crippen LogP contribution in [-0.2, 0) is 4.79 Å². The first-order valence-electron chi connectivity index (χ1n) is 6.14. The van der Waals surface area contributed by atoms with E-state index >= 15 is 0 Å². The molecule has 0 heterocycles. The number of oxime groups is 1. The predicted molar refractivity (Wildman–Crippen MR) is 66.8 cm³/mol. The predicted octanol–water partition coefficient (Wildman–Crippen LogP) is 1.41. The Balaban J connectivity index is 2.90. The van der Waals surface area contributed by atoms with E-state index < -0.39 is 5.41 Å². The van der Waals surface area contributed by atoms with E-state index in [2.05, 4.69) is 12.1 Å². The van der Waals surface area contributed by atoms with Crippen molar-refractivity contribution in [2.75, 3.05) is 7.05 Å². The fourth-order valence-corrected chi connectivity index (χ4v) is 2.53. The van der Waals surface area contributed by atoms with Crippen molar-refractivity contribution in [1.82, 2.24) is 4.90 Å². The summed E-state index contributed by atoms with van der Waals surface area (Å²) in [7, 11) is 1.78. The molecule has 1 rings (SSSR count). The van der Waals surface area contributed by atoms with Gasteiger partial charge in [-0.2, -0.15) is 0 Å².